The minimum absolute atomic E-state index is 0.0394. The number of hydrogen-bond acceptors (Lipinski definition) is 4. The van der Waals surface area contributed by atoms with Crippen LogP contribution < -0.4 is 0 Å². The molecule has 5 heteroatoms. The highest BCUT2D eigenvalue weighted by Crippen LogP contribution is 2.24. The van der Waals surface area contributed by atoms with Crippen molar-refractivity contribution in [3.8, 4) is 11.8 Å². The number of carbonyl (C=O) groups excluding carboxylic acids is 1. The summed E-state index contributed by atoms with van der Waals surface area (Å²) in [7, 11) is 0. The molecule has 0 aliphatic heterocycles. The normalized spacial score (nSPS) is 14.6. The number of aliphatic hydroxyl groups is 2. The van der Waals surface area contributed by atoms with E-state index in [0.29, 0.717) is 17.8 Å². The first-order chi connectivity index (χ1) is 10.3. The van der Waals surface area contributed by atoms with Crippen LogP contribution in [0.2, 0.25) is 0 Å². The third kappa shape index (κ3) is 4.03. The molecule has 21 heavy (non-hydrogen) atoms. The van der Waals surface area contributed by atoms with E-state index in [0.717, 1.165) is 25.7 Å². The van der Waals surface area contributed by atoms with E-state index in [9.17, 15) is 9.90 Å². The van der Waals surface area contributed by atoms with E-state index in [1.165, 1.54) is 6.20 Å². The van der Waals surface area contributed by atoms with Gasteiger partial charge in [0, 0.05) is 24.3 Å². The van der Waals surface area contributed by atoms with Crippen LogP contribution in [0.5, 0.6) is 0 Å². The molecule has 1 saturated carbocycles. The molecule has 5 nitrogen and oxygen atoms in total. The molecule has 1 aliphatic rings. The number of amides is 1. The molecule has 0 unspecified atom stereocenters. The second-order valence-electron chi connectivity index (χ2n) is 5.05. The molecule has 0 atom stereocenters. The Labute approximate surface area is 124 Å². The van der Waals surface area contributed by atoms with Crippen molar-refractivity contribution >= 4 is 5.91 Å². The van der Waals surface area contributed by atoms with Crippen LogP contribution in [0.15, 0.2) is 18.3 Å². The Hall–Kier alpha value is -1.90. The summed E-state index contributed by atoms with van der Waals surface area (Å²) in [5, 5.41) is 17.8. The van der Waals surface area contributed by atoms with Gasteiger partial charge in [0.05, 0.1) is 6.61 Å². The fourth-order valence-corrected chi connectivity index (χ4v) is 2.66. The van der Waals surface area contributed by atoms with Crippen molar-refractivity contribution in [2.24, 2.45) is 0 Å². The zero-order valence-electron chi connectivity index (χ0n) is 12.0. The van der Waals surface area contributed by atoms with Crippen molar-refractivity contribution in [3.05, 3.63) is 29.6 Å². The van der Waals surface area contributed by atoms with Gasteiger partial charge >= 0.3 is 0 Å². The highest BCUT2D eigenvalue weighted by atomic mass is 16.3. The molecular formula is C16H20N2O3. The summed E-state index contributed by atoms with van der Waals surface area (Å²) in [6.45, 7) is 0.103. The van der Waals surface area contributed by atoms with Gasteiger partial charge < -0.3 is 15.1 Å². The van der Waals surface area contributed by atoms with Crippen molar-refractivity contribution in [1.29, 1.82) is 0 Å². The summed E-state index contributed by atoms with van der Waals surface area (Å²) in [5.74, 6) is 5.14. The standard InChI is InChI=1S/C16H20N2O3/c19-10-3-4-13-7-8-15(17-12-13)16(21)18(9-11-20)14-5-1-2-6-14/h7-8,12,14,19-20H,1-2,5-6,9-11H2. The maximum atomic E-state index is 12.5. The van der Waals surface area contributed by atoms with Crippen molar-refractivity contribution in [2.45, 2.75) is 31.7 Å². The van der Waals surface area contributed by atoms with Gasteiger partial charge in [-0.25, -0.2) is 4.98 Å². The van der Waals surface area contributed by atoms with Crippen LogP contribution in [0.1, 0.15) is 41.7 Å². The minimum Gasteiger partial charge on any atom is -0.395 e. The van der Waals surface area contributed by atoms with Gasteiger partial charge in [-0.1, -0.05) is 24.7 Å². The number of carbonyl (C=O) groups is 1. The fraction of sp³-hybridized carbons (Fsp3) is 0.500. The van der Waals surface area contributed by atoms with E-state index in [-0.39, 0.29) is 25.2 Å². The largest absolute Gasteiger partial charge is 0.395 e. The minimum atomic E-state index is -0.202. The molecule has 1 heterocycles. The van der Waals surface area contributed by atoms with E-state index in [1.807, 2.05) is 0 Å². The van der Waals surface area contributed by atoms with Gasteiger partial charge in [0.1, 0.15) is 12.3 Å². The molecular weight excluding hydrogens is 268 g/mol. The molecule has 1 aromatic heterocycles. The zero-order valence-corrected chi connectivity index (χ0v) is 12.0. The summed E-state index contributed by atoms with van der Waals surface area (Å²) in [6, 6.07) is 3.57. The van der Waals surface area contributed by atoms with E-state index >= 15 is 0 Å². The quantitative estimate of drug-likeness (QED) is 0.804. The summed E-state index contributed by atoms with van der Waals surface area (Å²) in [5.41, 5.74) is 1.03. The molecule has 0 saturated heterocycles. The van der Waals surface area contributed by atoms with E-state index in [1.54, 1.807) is 17.0 Å². The molecule has 1 amide bonds. The zero-order chi connectivity index (χ0) is 15.1. The maximum Gasteiger partial charge on any atom is 0.272 e. The maximum absolute atomic E-state index is 12.5. The Balaban J connectivity index is 2.12. The summed E-state index contributed by atoms with van der Waals surface area (Å²) >= 11 is 0. The van der Waals surface area contributed by atoms with Gasteiger partial charge in [0.15, 0.2) is 0 Å². The first-order valence-corrected chi connectivity index (χ1v) is 7.24. The fourth-order valence-electron chi connectivity index (χ4n) is 2.66. The molecule has 0 spiro atoms. The van der Waals surface area contributed by atoms with Crippen LogP contribution >= 0.6 is 0 Å². The summed E-state index contributed by atoms with van der Waals surface area (Å²) in [4.78, 5) is 18.4. The Morgan fingerprint density at radius 1 is 1.33 bits per heavy atom. The monoisotopic (exact) mass is 288 g/mol. The third-order valence-corrected chi connectivity index (χ3v) is 3.66. The van der Waals surface area contributed by atoms with Crippen molar-refractivity contribution in [1.82, 2.24) is 9.88 Å². The molecule has 1 fully saturated rings. The number of pyridine rings is 1. The second-order valence-corrected chi connectivity index (χ2v) is 5.05. The Kier molecular flexibility index (Phi) is 5.73. The van der Waals surface area contributed by atoms with Gasteiger partial charge in [0.25, 0.3) is 5.91 Å². The lowest BCUT2D eigenvalue weighted by molar-refractivity contribution is 0.0632. The lowest BCUT2D eigenvalue weighted by Crippen LogP contribution is -2.41. The van der Waals surface area contributed by atoms with Gasteiger partial charge in [-0.3, -0.25) is 4.79 Å². The SMILES string of the molecule is O=C(c1ccc(C#CCO)cn1)N(CCO)C1CCCC1. The number of rotatable bonds is 4. The first kappa shape index (κ1) is 15.5. The molecule has 1 aromatic rings. The summed E-state index contributed by atoms with van der Waals surface area (Å²) in [6.07, 6.45) is 5.77. The highest BCUT2D eigenvalue weighted by Gasteiger charge is 2.27. The van der Waals surface area contributed by atoms with Crippen LogP contribution in [0.25, 0.3) is 0 Å². The van der Waals surface area contributed by atoms with E-state index in [2.05, 4.69) is 16.8 Å². The Morgan fingerprint density at radius 3 is 2.67 bits per heavy atom. The second kappa shape index (κ2) is 7.77. The predicted molar refractivity (Wildman–Crippen MR) is 78.6 cm³/mol. The van der Waals surface area contributed by atoms with Crippen molar-refractivity contribution in [2.75, 3.05) is 19.8 Å². The smallest absolute Gasteiger partial charge is 0.272 e. The number of nitrogens with zero attached hydrogens (tertiary/aromatic N) is 2. The van der Waals surface area contributed by atoms with Crippen molar-refractivity contribution < 1.29 is 15.0 Å². The van der Waals surface area contributed by atoms with Crippen LogP contribution in [0, 0.1) is 11.8 Å². The van der Waals surface area contributed by atoms with Crippen LogP contribution in [-0.2, 0) is 0 Å². The molecule has 0 bridgehead atoms. The predicted octanol–water partition coefficient (Wildman–Crippen LogP) is 0.802. The van der Waals surface area contributed by atoms with Gasteiger partial charge in [-0.2, -0.15) is 0 Å². The first-order valence-electron chi connectivity index (χ1n) is 7.24. The average molecular weight is 288 g/mol. The molecule has 2 N–H and O–H groups in total. The molecule has 1 aliphatic carbocycles. The van der Waals surface area contributed by atoms with E-state index < -0.39 is 0 Å². The topological polar surface area (TPSA) is 73.7 Å². The lowest BCUT2D eigenvalue weighted by atomic mass is 10.1. The summed E-state index contributed by atoms with van der Waals surface area (Å²) < 4.78 is 0. The lowest BCUT2D eigenvalue weighted by Gasteiger charge is -2.28. The third-order valence-electron chi connectivity index (χ3n) is 3.66. The number of aliphatic hydroxyl groups excluding tert-OH is 2. The Bertz CT molecular complexity index is 525. The van der Waals surface area contributed by atoms with Crippen LogP contribution in [-0.4, -0.2) is 51.8 Å². The Morgan fingerprint density at radius 2 is 2.10 bits per heavy atom. The van der Waals surface area contributed by atoms with Crippen molar-refractivity contribution in [3.63, 3.8) is 0 Å². The highest BCUT2D eigenvalue weighted by molar-refractivity contribution is 5.92. The molecule has 112 valence electrons. The van der Waals surface area contributed by atoms with Crippen LogP contribution in [0.4, 0.5) is 0 Å². The van der Waals surface area contributed by atoms with Gasteiger partial charge in [-0.05, 0) is 25.0 Å². The number of hydrogen-bond donors (Lipinski definition) is 2. The molecule has 0 aromatic carbocycles. The number of aromatic nitrogens is 1. The van der Waals surface area contributed by atoms with E-state index in [4.69, 9.17) is 5.11 Å². The van der Waals surface area contributed by atoms with Crippen LogP contribution in [0.3, 0.4) is 0 Å². The van der Waals surface area contributed by atoms with Gasteiger partial charge in [0.2, 0.25) is 0 Å². The van der Waals surface area contributed by atoms with Gasteiger partial charge in [-0.15, -0.1) is 0 Å². The average Bonchev–Trinajstić information content (AvgIpc) is 3.04. The molecule has 2 rings (SSSR count). The molecule has 0 radical (unpaired) electrons.